The Balaban J connectivity index is 2.28. The molecule has 2 heteroatoms. The molecule has 0 spiro atoms. The van der Waals surface area contributed by atoms with Gasteiger partial charge in [-0.2, -0.15) is 0 Å². The maximum atomic E-state index is 2.74. The molecule has 1 unspecified atom stereocenters. The molecule has 0 aliphatic carbocycles. The second kappa shape index (κ2) is 5.73. The molecule has 27 heavy (non-hydrogen) atoms. The minimum Gasteiger partial charge on any atom is -0.322 e. The molecule has 0 bridgehead atoms. The van der Waals surface area contributed by atoms with E-state index in [0.29, 0.717) is 0 Å². The number of allylic oxidation sites excluding steroid dienone is 1. The van der Waals surface area contributed by atoms with Crippen LogP contribution in [0.2, 0.25) is 0 Å². The molecule has 2 heterocycles. The van der Waals surface area contributed by atoms with Gasteiger partial charge in [-0.1, -0.05) is 80.0 Å². The summed E-state index contributed by atoms with van der Waals surface area (Å²) in [7, 11) is 1.47. The number of aryl methyl sites for hydroxylation is 3. The van der Waals surface area contributed by atoms with E-state index in [2.05, 4.69) is 100 Å². The first-order valence-electron chi connectivity index (χ1n) is 10.3. The molecule has 0 radical (unpaired) electrons. The van der Waals surface area contributed by atoms with Gasteiger partial charge in [-0.15, -0.1) is 0 Å². The molecular weight excluding hydrogens is 345 g/mol. The maximum absolute atomic E-state index is 2.74. The zero-order chi connectivity index (χ0) is 20.7. The molecule has 1 nitrogen and oxygen atoms in total. The summed E-state index contributed by atoms with van der Waals surface area (Å²) in [5.41, 5.74) is 10.9. The van der Waals surface area contributed by atoms with Crippen molar-refractivity contribution in [2.45, 2.75) is 88.4 Å². The number of benzene rings is 1. The highest BCUT2D eigenvalue weighted by Crippen LogP contribution is 2.71. The van der Waals surface area contributed by atoms with E-state index in [0.717, 1.165) is 0 Å². The van der Waals surface area contributed by atoms with Crippen LogP contribution in [-0.4, -0.2) is 15.6 Å². The summed E-state index contributed by atoms with van der Waals surface area (Å²) in [6.07, 6.45) is 0. The van der Waals surface area contributed by atoms with Gasteiger partial charge in [0.05, 0.1) is 5.42 Å². The summed E-state index contributed by atoms with van der Waals surface area (Å²) in [4.78, 5) is 2.74. The molecule has 0 amide bonds. The monoisotopic (exact) mass is 383 g/mol. The van der Waals surface area contributed by atoms with Crippen molar-refractivity contribution in [2.75, 3.05) is 0 Å². The van der Waals surface area contributed by atoms with E-state index in [4.69, 9.17) is 0 Å². The molecule has 0 saturated carbocycles. The number of fused-ring (bicyclic) bond motifs is 1. The lowest BCUT2D eigenvalue weighted by molar-refractivity contribution is 0.0821. The number of nitrogens with zero attached hydrogens (tertiary/aromatic N) is 1. The van der Waals surface area contributed by atoms with Crippen LogP contribution in [0.15, 0.2) is 23.4 Å². The third-order valence-corrected chi connectivity index (χ3v) is 8.07. The Labute approximate surface area is 169 Å². The zero-order valence-electron chi connectivity index (χ0n) is 19.5. The fourth-order valence-corrected chi connectivity index (χ4v) is 7.35. The lowest BCUT2D eigenvalue weighted by atomic mass is 9.61. The van der Waals surface area contributed by atoms with E-state index in [-0.39, 0.29) is 21.5 Å². The summed E-state index contributed by atoms with van der Waals surface area (Å²) < 4.78 is 0. The Bertz CT molecular complexity index is 842. The third-order valence-electron chi connectivity index (χ3n) is 6.02. The molecule has 0 fully saturated rings. The maximum Gasteiger partial charge on any atom is 0.117 e. The van der Waals surface area contributed by atoms with Gasteiger partial charge in [0, 0.05) is 16.7 Å². The number of hydrogen-bond donors (Lipinski definition) is 0. The van der Waals surface area contributed by atoms with Gasteiger partial charge in [-0.3, -0.25) is 0 Å². The molecule has 2 aliphatic rings. The highest BCUT2D eigenvalue weighted by Gasteiger charge is 2.68. The number of hydrogen-bond acceptors (Lipinski definition) is 1. The highest BCUT2D eigenvalue weighted by atomic mass is 31.1. The van der Waals surface area contributed by atoms with Crippen molar-refractivity contribution in [1.29, 1.82) is 0 Å². The Morgan fingerprint density at radius 2 is 1.26 bits per heavy atom. The first kappa shape index (κ1) is 20.7. The van der Waals surface area contributed by atoms with Crippen LogP contribution in [-0.2, 0) is 0 Å². The lowest BCUT2D eigenvalue weighted by Gasteiger charge is -2.71. The van der Waals surface area contributed by atoms with Crippen LogP contribution < -0.4 is 0 Å². The Morgan fingerprint density at radius 1 is 0.778 bits per heavy atom. The quantitative estimate of drug-likeness (QED) is 0.455. The van der Waals surface area contributed by atoms with E-state index >= 15 is 0 Å². The molecule has 0 saturated heterocycles. The minimum atomic E-state index is 0.132. The van der Waals surface area contributed by atoms with Crippen molar-refractivity contribution in [3.8, 4) is 0 Å². The van der Waals surface area contributed by atoms with Gasteiger partial charge in [0.15, 0.2) is 0 Å². The summed E-state index contributed by atoms with van der Waals surface area (Å²) in [5, 5.41) is 0.132. The largest absolute Gasteiger partial charge is 0.322 e. The van der Waals surface area contributed by atoms with Gasteiger partial charge < -0.3 is 4.90 Å². The lowest BCUT2D eigenvalue weighted by Crippen LogP contribution is -2.72. The van der Waals surface area contributed by atoms with E-state index in [9.17, 15) is 0 Å². The van der Waals surface area contributed by atoms with Crippen molar-refractivity contribution in [2.24, 2.45) is 16.2 Å². The van der Waals surface area contributed by atoms with Crippen LogP contribution >= 0.6 is 8.20 Å². The molecule has 1 aromatic rings. The molecule has 1 aromatic carbocycles. The second-order valence-corrected chi connectivity index (χ2v) is 13.0. The third kappa shape index (κ3) is 2.76. The molecule has 0 aromatic heterocycles. The average molecular weight is 384 g/mol. The Morgan fingerprint density at radius 3 is 1.63 bits per heavy atom. The normalized spacial score (nSPS) is 23.6. The van der Waals surface area contributed by atoms with Crippen molar-refractivity contribution in [3.63, 3.8) is 0 Å². The van der Waals surface area contributed by atoms with E-state index in [1.165, 1.54) is 35.9 Å². The smallest absolute Gasteiger partial charge is 0.117 e. The predicted octanol–water partition coefficient (Wildman–Crippen LogP) is 7.45. The highest BCUT2D eigenvalue weighted by molar-refractivity contribution is 7.46. The van der Waals surface area contributed by atoms with Crippen LogP contribution in [0.25, 0.3) is 0 Å². The van der Waals surface area contributed by atoms with Gasteiger partial charge >= 0.3 is 0 Å². The first-order chi connectivity index (χ1) is 12.0. The zero-order valence-corrected chi connectivity index (χ0v) is 20.4. The summed E-state index contributed by atoms with van der Waals surface area (Å²) in [6.45, 7) is 28.3. The van der Waals surface area contributed by atoms with Crippen LogP contribution in [0.3, 0.4) is 0 Å². The van der Waals surface area contributed by atoms with Gasteiger partial charge in [0.2, 0.25) is 0 Å². The SMILES string of the molecule is Cc1cc(C)c(C2=PC3(C(C)(C)C)C(C(C)(C)C)=C(C(C)(C)C)N23)c(C)c1. The van der Waals surface area contributed by atoms with Crippen molar-refractivity contribution in [3.05, 3.63) is 45.7 Å². The number of rotatable bonds is 1. The van der Waals surface area contributed by atoms with E-state index in [1.807, 2.05) is 0 Å². The second-order valence-electron chi connectivity index (χ2n) is 11.7. The van der Waals surface area contributed by atoms with Crippen LogP contribution in [0, 0.1) is 37.0 Å². The van der Waals surface area contributed by atoms with Crippen molar-refractivity contribution >= 4 is 13.6 Å². The predicted molar refractivity (Wildman–Crippen MR) is 122 cm³/mol. The fourth-order valence-electron chi connectivity index (χ4n) is 5.19. The van der Waals surface area contributed by atoms with Gasteiger partial charge in [0.25, 0.3) is 0 Å². The first-order valence-corrected chi connectivity index (χ1v) is 11.2. The van der Waals surface area contributed by atoms with Gasteiger partial charge in [-0.05, 0) is 56.5 Å². The summed E-state index contributed by atoms with van der Waals surface area (Å²) >= 11 is 0. The molecule has 0 N–H and O–H groups in total. The standard InChI is InChI=1S/C25H38NP/c1-15-13-16(2)18(17(3)14-15)21-26-20(23(7,8)9)19(22(4,5)6)25(26,27-21)24(10,11)12/h13-14H,1-12H3. The topological polar surface area (TPSA) is 3.24 Å². The van der Waals surface area contributed by atoms with Gasteiger partial charge in [-0.25, -0.2) is 0 Å². The minimum absolute atomic E-state index is 0.132. The van der Waals surface area contributed by atoms with Crippen LogP contribution in [0.4, 0.5) is 0 Å². The van der Waals surface area contributed by atoms with Crippen LogP contribution in [0.5, 0.6) is 0 Å². The van der Waals surface area contributed by atoms with Crippen molar-refractivity contribution in [1.82, 2.24) is 4.90 Å². The van der Waals surface area contributed by atoms with E-state index in [1.54, 1.807) is 11.3 Å². The van der Waals surface area contributed by atoms with Crippen molar-refractivity contribution < 1.29 is 0 Å². The summed E-state index contributed by atoms with van der Waals surface area (Å²) in [6, 6.07) is 4.68. The van der Waals surface area contributed by atoms with E-state index < -0.39 is 0 Å². The molecule has 2 aliphatic heterocycles. The van der Waals surface area contributed by atoms with Crippen LogP contribution in [0.1, 0.15) is 84.6 Å². The summed E-state index contributed by atoms with van der Waals surface area (Å²) in [5.74, 6) is 0. The average Bonchev–Trinajstić information content (AvgIpc) is 2.36. The molecule has 148 valence electrons. The molecular formula is C25H38NP. The van der Waals surface area contributed by atoms with Gasteiger partial charge in [0.1, 0.15) is 5.28 Å². The Hall–Kier alpha value is -1.07. The molecule has 3 rings (SSSR count). The Kier molecular flexibility index (Phi) is 4.38. The molecule has 1 atom stereocenters. The fraction of sp³-hybridized carbons (Fsp3) is 0.640.